The van der Waals surface area contributed by atoms with Crippen molar-refractivity contribution in [3.63, 3.8) is 0 Å². The van der Waals surface area contributed by atoms with Gasteiger partial charge in [0.2, 0.25) is 0 Å². The summed E-state index contributed by atoms with van der Waals surface area (Å²) in [6.07, 6.45) is 0. The van der Waals surface area contributed by atoms with Crippen molar-refractivity contribution in [2.75, 3.05) is 6.61 Å². The molecule has 1 atom stereocenters. The van der Waals surface area contributed by atoms with Crippen molar-refractivity contribution in [1.29, 1.82) is 0 Å². The minimum atomic E-state index is 0.131. The lowest BCUT2D eigenvalue weighted by molar-refractivity contribution is 0.0677. The SMILES string of the molecule is Brc1ccc2nc3n(c2n1)C(c1ccccc1)COC3. The van der Waals surface area contributed by atoms with Crippen LogP contribution in [0.1, 0.15) is 17.4 Å². The fraction of sp³-hybridized carbons (Fsp3) is 0.200. The number of halogens is 1. The van der Waals surface area contributed by atoms with Crippen LogP contribution in [0.4, 0.5) is 0 Å². The van der Waals surface area contributed by atoms with E-state index >= 15 is 0 Å². The van der Waals surface area contributed by atoms with Crippen molar-refractivity contribution >= 4 is 27.1 Å². The Morgan fingerprint density at radius 3 is 2.80 bits per heavy atom. The van der Waals surface area contributed by atoms with Crippen LogP contribution in [-0.4, -0.2) is 21.1 Å². The molecule has 0 N–H and O–H groups in total. The molecule has 4 rings (SSSR count). The molecule has 3 aromatic rings. The maximum absolute atomic E-state index is 5.70. The quantitative estimate of drug-likeness (QED) is 0.643. The number of hydrogen-bond donors (Lipinski definition) is 0. The summed E-state index contributed by atoms with van der Waals surface area (Å²) in [4.78, 5) is 9.21. The Hall–Kier alpha value is -1.72. The number of ether oxygens (including phenoxy) is 1. The van der Waals surface area contributed by atoms with E-state index in [1.165, 1.54) is 5.56 Å². The molecule has 0 radical (unpaired) electrons. The molecular formula is C15H12BrN3O. The van der Waals surface area contributed by atoms with Crippen LogP contribution in [0, 0.1) is 0 Å². The summed E-state index contributed by atoms with van der Waals surface area (Å²) in [7, 11) is 0. The summed E-state index contributed by atoms with van der Waals surface area (Å²) < 4.78 is 8.72. The zero-order chi connectivity index (χ0) is 13.5. The molecule has 1 aliphatic rings. The van der Waals surface area contributed by atoms with Gasteiger partial charge in [0.05, 0.1) is 12.6 Å². The largest absolute Gasteiger partial charge is 0.371 e. The summed E-state index contributed by atoms with van der Waals surface area (Å²) in [5.41, 5.74) is 3.04. The van der Waals surface area contributed by atoms with E-state index in [0.29, 0.717) is 13.2 Å². The van der Waals surface area contributed by atoms with E-state index in [9.17, 15) is 0 Å². The number of aromatic nitrogens is 3. The van der Waals surface area contributed by atoms with E-state index in [1.807, 2.05) is 30.3 Å². The molecule has 0 aliphatic carbocycles. The van der Waals surface area contributed by atoms with Crippen molar-refractivity contribution in [3.05, 3.63) is 58.5 Å². The molecule has 4 nitrogen and oxygen atoms in total. The highest BCUT2D eigenvalue weighted by atomic mass is 79.9. The van der Waals surface area contributed by atoms with Gasteiger partial charge >= 0.3 is 0 Å². The maximum atomic E-state index is 5.70. The molecule has 0 saturated heterocycles. The van der Waals surface area contributed by atoms with Crippen molar-refractivity contribution < 1.29 is 4.74 Å². The van der Waals surface area contributed by atoms with Gasteiger partial charge in [-0.3, -0.25) is 0 Å². The first-order chi connectivity index (χ1) is 9.83. The van der Waals surface area contributed by atoms with Gasteiger partial charge in [-0.15, -0.1) is 0 Å². The molecule has 0 saturated carbocycles. The molecule has 2 aromatic heterocycles. The molecule has 1 unspecified atom stereocenters. The average Bonchev–Trinajstić information content (AvgIpc) is 2.86. The Balaban J connectivity index is 1.95. The van der Waals surface area contributed by atoms with Gasteiger partial charge in [0.25, 0.3) is 0 Å². The molecule has 20 heavy (non-hydrogen) atoms. The van der Waals surface area contributed by atoms with Crippen molar-refractivity contribution in [1.82, 2.24) is 14.5 Å². The predicted octanol–water partition coefficient (Wildman–Crippen LogP) is 3.31. The molecule has 3 heterocycles. The second-order valence-corrected chi connectivity index (χ2v) is 5.63. The molecule has 1 aliphatic heterocycles. The monoisotopic (exact) mass is 329 g/mol. The van der Waals surface area contributed by atoms with E-state index in [1.54, 1.807) is 0 Å². The standard InChI is InChI=1S/C15H12BrN3O/c16-13-7-6-11-15(18-13)19-12(8-20-9-14(19)17-11)10-4-2-1-3-5-10/h1-7,12H,8-9H2. The minimum absolute atomic E-state index is 0.131. The minimum Gasteiger partial charge on any atom is -0.371 e. The Labute approximate surface area is 124 Å². The molecule has 0 fully saturated rings. The number of pyridine rings is 1. The Kier molecular flexibility index (Phi) is 2.82. The summed E-state index contributed by atoms with van der Waals surface area (Å²) >= 11 is 3.44. The Bertz CT molecular complexity index is 769. The van der Waals surface area contributed by atoms with Gasteiger partial charge in [-0.1, -0.05) is 30.3 Å². The van der Waals surface area contributed by atoms with Gasteiger partial charge in [0.1, 0.15) is 22.6 Å². The van der Waals surface area contributed by atoms with Gasteiger partial charge in [0, 0.05) is 0 Å². The van der Waals surface area contributed by atoms with Crippen LogP contribution in [0.15, 0.2) is 47.1 Å². The molecule has 100 valence electrons. The number of rotatable bonds is 1. The highest BCUT2D eigenvalue weighted by Crippen LogP contribution is 2.30. The highest BCUT2D eigenvalue weighted by Gasteiger charge is 2.25. The normalized spacial score (nSPS) is 18.1. The first-order valence-electron chi connectivity index (χ1n) is 6.49. The van der Waals surface area contributed by atoms with E-state index in [0.717, 1.165) is 21.6 Å². The van der Waals surface area contributed by atoms with Gasteiger partial charge in [-0.05, 0) is 33.6 Å². The lowest BCUT2D eigenvalue weighted by Crippen LogP contribution is -2.24. The first-order valence-corrected chi connectivity index (χ1v) is 7.28. The average molecular weight is 330 g/mol. The smallest absolute Gasteiger partial charge is 0.162 e. The molecular weight excluding hydrogens is 318 g/mol. The second-order valence-electron chi connectivity index (χ2n) is 4.82. The van der Waals surface area contributed by atoms with Crippen LogP contribution < -0.4 is 0 Å². The van der Waals surface area contributed by atoms with Gasteiger partial charge in [0.15, 0.2) is 5.65 Å². The van der Waals surface area contributed by atoms with Crippen molar-refractivity contribution in [2.45, 2.75) is 12.6 Å². The van der Waals surface area contributed by atoms with Gasteiger partial charge < -0.3 is 9.30 Å². The van der Waals surface area contributed by atoms with E-state index < -0.39 is 0 Å². The molecule has 0 spiro atoms. The molecule has 1 aromatic carbocycles. The van der Waals surface area contributed by atoms with Crippen molar-refractivity contribution in [3.8, 4) is 0 Å². The number of fused-ring (bicyclic) bond motifs is 3. The van der Waals surface area contributed by atoms with Crippen LogP contribution in [0.5, 0.6) is 0 Å². The van der Waals surface area contributed by atoms with Crippen LogP contribution in [0.3, 0.4) is 0 Å². The summed E-state index contributed by atoms with van der Waals surface area (Å²) in [5.74, 6) is 0.936. The van der Waals surface area contributed by atoms with Crippen LogP contribution in [0.25, 0.3) is 11.2 Å². The third kappa shape index (κ3) is 1.85. The zero-order valence-corrected chi connectivity index (χ0v) is 12.2. The number of hydrogen-bond acceptors (Lipinski definition) is 3. The Morgan fingerprint density at radius 1 is 1.10 bits per heavy atom. The lowest BCUT2D eigenvalue weighted by Gasteiger charge is -2.26. The third-order valence-corrected chi connectivity index (χ3v) is 4.02. The van der Waals surface area contributed by atoms with E-state index in [2.05, 4.69) is 42.6 Å². The van der Waals surface area contributed by atoms with Crippen molar-refractivity contribution in [2.24, 2.45) is 0 Å². The van der Waals surface area contributed by atoms with E-state index in [-0.39, 0.29) is 6.04 Å². The summed E-state index contributed by atoms with van der Waals surface area (Å²) in [6, 6.07) is 14.4. The van der Waals surface area contributed by atoms with E-state index in [4.69, 9.17) is 4.74 Å². The predicted molar refractivity (Wildman–Crippen MR) is 79.5 cm³/mol. The van der Waals surface area contributed by atoms with Crippen LogP contribution in [-0.2, 0) is 11.3 Å². The first kappa shape index (κ1) is 12.1. The second kappa shape index (κ2) is 4.68. The van der Waals surface area contributed by atoms with Gasteiger partial charge in [-0.2, -0.15) is 0 Å². The summed E-state index contributed by atoms with van der Waals surface area (Å²) in [5, 5.41) is 0. The summed E-state index contributed by atoms with van der Waals surface area (Å²) in [6.45, 7) is 1.19. The number of imidazole rings is 1. The number of nitrogens with zero attached hydrogens (tertiary/aromatic N) is 3. The zero-order valence-electron chi connectivity index (χ0n) is 10.7. The molecule has 0 bridgehead atoms. The third-order valence-electron chi connectivity index (χ3n) is 3.58. The lowest BCUT2D eigenvalue weighted by atomic mass is 10.1. The maximum Gasteiger partial charge on any atom is 0.162 e. The van der Waals surface area contributed by atoms with Crippen LogP contribution in [0.2, 0.25) is 0 Å². The highest BCUT2D eigenvalue weighted by molar-refractivity contribution is 9.10. The van der Waals surface area contributed by atoms with Crippen LogP contribution >= 0.6 is 15.9 Å². The fourth-order valence-corrected chi connectivity index (χ4v) is 2.98. The number of benzene rings is 1. The molecule has 0 amide bonds. The van der Waals surface area contributed by atoms with Gasteiger partial charge in [-0.25, -0.2) is 9.97 Å². The Morgan fingerprint density at radius 2 is 1.95 bits per heavy atom. The topological polar surface area (TPSA) is 39.9 Å². The molecule has 5 heteroatoms. The fourth-order valence-electron chi connectivity index (χ4n) is 2.68.